The summed E-state index contributed by atoms with van der Waals surface area (Å²) in [6.07, 6.45) is 2.95. The van der Waals surface area contributed by atoms with Crippen LogP contribution >= 0.6 is 34.8 Å². The fourth-order valence-electron chi connectivity index (χ4n) is 1.62. The van der Waals surface area contributed by atoms with Crippen LogP contribution in [0.3, 0.4) is 0 Å². The molecule has 0 bridgehead atoms. The van der Waals surface area contributed by atoms with Gasteiger partial charge in [-0.1, -0.05) is 40.9 Å². The third-order valence-electron chi connectivity index (χ3n) is 2.63. The average molecular weight is 342 g/mol. The summed E-state index contributed by atoms with van der Waals surface area (Å²) < 4.78 is 0. The lowest BCUT2D eigenvalue weighted by molar-refractivity contribution is -0.111. The third kappa shape index (κ3) is 4.39. The van der Waals surface area contributed by atoms with Crippen molar-refractivity contribution in [3.63, 3.8) is 0 Å². The molecule has 0 saturated carbocycles. The number of carbonyl (C=O) groups excluding carboxylic acids is 1. The minimum Gasteiger partial charge on any atom is -0.399 e. The van der Waals surface area contributed by atoms with E-state index >= 15 is 0 Å². The molecule has 0 fully saturated rings. The van der Waals surface area contributed by atoms with Crippen molar-refractivity contribution in [2.75, 3.05) is 11.1 Å². The van der Waals surface area contributed by atoms with Crippen LogP contribution in [0.15, 0.2) is 42.5 Å². The lowest BCUT2D eigenvalue weighted by atomic mass is 10.2. The van der Waals surface area contributed by atoms with Crippen LogP contribution in [0.5, 0.6) is 0 Å². The van der Waals surface area contributed by atoms with Gasteiger partial charge in [-0.3, -0.25) is 4.79 Å². The maximum Gasteiger partial charge on any atom is 0.248 e. The lowest BCUT2D eigenvalue weighted by Crippen LogP contribution is -2.08. The number of rotatable bonds is 3. The molecule has 2 aromatic carbocycles. The van der Waals surface area contributed by atoms with E-state index in [1.165, 1.54) is 6.08 Å². The molecule has 0 aliphatic carbocycles. The Balaban J connectivity index is 2.11. The van der Waals surface area contributed by atoms with Crippen LogP contribution in [0.1, 0.15) is 5.56 Å². The molecule has 0 atom stereocenters. The van der Waals surface area contributed by atoms with E-state index in [1.54, 1.807) is 42.5 Å². The Morgan fingerprint density at radius 3 is 2.52 bits per heavy atom. The van der Waals surface area contributed by atoms with Crippen molar-refractivity contribution in [1.82, 2.24) is 0 Å². The summed E-state index contributed by atoms with van der Waals surface area (Å²) in [5.41, 5.74) is 7.30. The minimum absolute atomic E-state index is 0.339. The maximum absolute atomic E-state index is 11.9. The van der Waals surface area contributed by atoms with Gasteiger partial charge in [-0.15, -0.1) is 0 Å². The van der Waals surface area contributed by atoms with Crippen LogP contribution in [0, 0.1) is 0 Å². The monoisotopic (exact) mass is 340 g/mol. The first-order chi connectivity index (χ1) is 9.95. The SMILES string of the molecule is Nc1ccc(Cl)c(NC(=O)/C=C/c2ccc(Cl)cc2Cl)c1. The van der Waals surface area contributed by atoms with Crippen molar-refractivity contribution >= 4 is 58.2 Å². The molecule has 0 aliphatic heterocycles. The molecule has 2 rings (SSSR count). The van der Waals surface area contributed by atoms with E-state index in [2.05, 4.69) is 5.32 Å². The van der Waals surface area contributed by atoms with Gasteiger partial charge in [0.1, 0.15) is 0 Å². The molecule has 0 heterocycles. The highest BCUT2D eigenvalue weighted by Gasteiger charge is 2.04. The number of carbonyl (C=O) groups is 1. The topological polar surface area (TPSA) is 55.1 Å². The molecule has 0 unspecified atom stereocenters. The van der Waals surface area contributed by atoms with Gasteiger partial charge in [0.2, 0.25) is 5.91 Å². The molecule has 0 radical (unpaired) electrons. The number of nitrogen functional groups attached to an aromatic ring is 1. The van der Waals surface area contributed by atoms with Crippen molar-refractivity contribution in [1.29, 1.82) is 0 Å². The van der Waals surface area contributed by atoms with Crippen LogP contribution in [0.2, 0.25) is 15.1 Å². The fourth-order valence-corrected chi connectivity index (χ4v) is 2.25. The standard InChI is InChI=1S/C15H11Cl3N2O/c16-10-3-1-9(13(18)7-10)2-6-15(21)20-14-8-11(19)4-5-12(14)17/h1-8H,19H2,(H,20,21)/b6-2+. The summed E-state index contributed by atoms with van der Waals surface area (Å²) in [5, 5.41) is 4.06. The molecular formula is C15H11Cl3N2O. The summed E-state index contributed by atoms with van der Waals surface area (Å²) in [5.74, 6) is -0.339. The summed E-state index contributed by atoms with van der Waals surface area (Å²) >= 11 is 17.8. The van der Waals surface area contributed by atoms with E-state index in [0.29, 0.717) is 32.0 Å². The zero-order valence-corrected chi connectivity index (χ0v) is 13.0. The van der Waals surface area contributed by atoms with E-state index in [9.17, 15) is 4.79 Å². The predicted molar refractivity (Wildman–Crippen MR) is 90.0 cm³/mol. The third-order valence-corrected chi connectivity index (χ3v) is 3.52. The Labute approximate surface area is 137 Å². The van der Waals surface area contributed by atoms with Crippen LogP contribution < -0.4 is 11.1 Å². The van der Waals surface area contributed by atoms with E-state index in [4.69, 9.17) is 40.5 Å². The highest BCUT2D eigenvalue weighted by Crippen LogP contribution is 2.24. The number of hydrogen-bond donors (Lipinski definition) is 2. The van der Waals surface area contributed by atoms with E-state index < -0.39 is 0 Å². The summed E-state index contributed by atoms with van der Waals surface area (Å²) in [4.78, 5) is 11.9. The Bertz CT molecular complexity index is 714. The molecule has 108 valence electrons. The van der Waals surface area contributed by atoms with E-state index in [1.807, 2.05) is 0 Å². The van der Waals surface area contributed by atoms with Crippen LogP contribution in [0.4, 0.5) is 11.4 Å². The van der Waals surface area contributed by atoms with Crippen molar-refractivity contribution in [2.45, 2.75) is 0 Å². The fraction of sp³-hybridized carbons (Fsp3) is 0. The second kappa shape index (κ2) is 6.85. The zero-order chi connectivity index (χ0) is 15.4. The van der Waals surface area contributed by atoms with Gasteiger partial charge in [0.05, 0.1) is 10.7 Å². The number of benzene rings is 2. The largest absolute Gasteiger partial charge is 0.399 e. The molecule has 3 N–H and O–H groups in total. The van der Waals surface area contributed by atoms with Gasteiger partial charge in [-0.25, -0.2) is 0 Å². The lowest BCUT2D eigenvalue weighted by Gasteiger charge is -2.06. The van der Waals surface area contributed by atoms with Gasteiger partial charge in [0, 0.05) is 21.8 Å². The Morgan fingerprint density at radius 2 is 1.81 bits per heavy atom. The number of amides is 1. The second-order valence-corrected chi connectivity index (χ2v) is 5.48. The van der Waals surface area contributed by atoms with Crippen LogP contribution in [0.25, 0.3) is 6.08 Å². The van der Waals surface area contributed by atoms with E-state index in [0.717, 1.165) is 0 Å². The summed E-state index contributed by atoms with van der Waals surface area (Å²) in [6, 6.07) is 9.88. The highest BCUT2D eigenvalue weighted by atomic mass is 35.5. The second-order valence-electron chi connectivity index (χ2n) is 4.23. The Kier molecular flexibility index (Phi) is 5.12. The van der Waals surface area contributed by atoms with Crippen LogP contribution in [-0.4, -0.2) is 5.91 Å². The molecule has 3 nitrogen and oxygen atoms in total. The van der Waals surface area contributed by atoms with Crippen molar-refractivity contribution in [3.05, 3.63) is 63.1 Å². The molecule has 1 amide bonds. The van der Waals surface area contributed by atoms with Gasteiger partial charge >= 0.3 is 0 Å². The first-order valence-corrected chi connectivity index (χ1v) is 7.08. The maximum atomic E-state index is 11.9. The summed E-state index contributed by atoms with van der Waals surface area (Å²) in [7, 11) is 0. The first-order valence-electron chi connectivity index (χ1n) is 5.95. The van der Waals surface area contributed by atoms with Gasteiger partial charge in [0.15, 0.2) is 0 Å². The molecule has 0 saturated heterocycles. The molecule has 6 heteroatoms. The summed E-state index contributed by atoms with van der Waals surface area (Å²) in [6.45, 7) is 0. The van der Waals surface area contributed by atoms with Crippen molar-refractivity contribution < 1.29 is 4.79 Å². The smallest absolute Gasteiger partial charge is 0.248 e. The Hall–Kier alpha value is -1.68. The Morgan fingerprint density at radius 1 is 1.05 bits per heavy atom. The molecule has 0 aromatic heterocycles. The van der Waals surface area contributed by atoms with Crippen molar-refractivity contribution in [3.8, 4) is 0 Å². The predicted octanol–water partition coefficient (Wildman–Crippen LogP) is 4.88. The molecule has 21 heavy (non-hydrogen) atoms. The average Bonchev–Trinajstić information content (AvgIpc) is 2.42. The minimum atomic E-state index is -0.339. The molecule has 2 aromatic rings. The van der Waals surface area contributed by atoms with Gasteiger partial charge in [-0.2, -0.15) is 0 Å². The zero-order valence-electron chi connectivity index (χ0n) is 10.7. The molecule has 0 aliphatic rings. The number of halogens is 3. The van der Waals surface area contributed by atoms with Gasteiger partial charge in [0.25, 0.3) is 0 Å². The van der Waals surface area contributed by atoms with Gasteiger partial charge in [-0.05, 0) is 42.0 Å². The highest BCUT2D eigenvalue weighted by molar-refractivity contribution is 6.35. The van der Waals surface area contributed by atoms with Gasteiger partial charge < -0.3 is 11.1 Å². The molecule has 0 spiro atoms. The molecular weight excluding hydrogens is 331 g/mol. The van der Waals surface area contributed by atoms with Crippen molar-refractivity contribution in [2.24, 2.45) is 0 Å². The number of nitrogens with one attached hydrogen (secondary N) is 1. The van der Waals surface area contributed by atoms with E-state index in [-0.39, 0.29) is 5.91 Å². The quantitative estimate of drug-likeness (QED) is 0.617. The normalized spacial score (nSPS) is 10.8. The first kappa shape index (κ1) is 15.7. The number of anilines is 2. The number of hydrogen-bond acceptors (Lipinski definition) is 2. The number of nitrogens with two attached hydrogens (primary N) is 1. The van der Waals surface area contributed by atoms with Crippen LogP contribution in [-0.2, 0) is 4.79 Å².